The molecule has 0 spiro atoms. The lowest BCUT2D eigenvalue weighted by atomic mass is 9.96. The summed E-state index contributed by atoms with van der Waals surface area (Å²) in [5.74, 6) is 0. The molecule has 1 aliphatic rings. The lowest BCUT2D eigenvalue weighted by Gasteiger charge is -2.20. The summed E-state index contributed by atoms with van der Waals surface area (Å²) in [4.78, 5) is 0. The third kappa shape index (κ3) is 1.01. The van der Waals surface area contributed by atoms with Gasteiger partial charge in [0, 0.05) is 0 Å². The molecule has 1 rings (SSSR count). The van der Waals surface area contributed by atoms with E-state index in [1.807, 2.05) is 0 Å². The van der Waals surface area contributed by atoms with Crippen molar-refractivity contribution in [3.05, 3.63) is 37.0 Å². The van der Waals surface area contributed by atoms with Crippen LogP contribution in [0.5, 0.6) is 0 Å². The van der Waals surface area contributed by atoms with Crippen LogP contribution in [-0.2, 0) is 0 Å². The Morgan fingerprint density at radius 1 is 1.50 bits per heavy atom. The van der Waals surface area contributed by atoms with E-state index in [2.05, 4.69) is 6.58 Å². The highest BCUT2D eigenvalue weighted by Crippen LogP contribution is 2.26. The fourth-order valence-electron chi connectivity index (χ4n) is 0.785. The summed E-state index contributed by atoms with van der Waals surface area (Å²) in [6.45, 7) is 3.21. The molecule has 2 heteroatoms. The highest BCUT2D eigenvalue weighted by atomic mass is 19.2. The third-order valence-corrected chi connectivity index (χ3v) is 1.48. The Bertz CT molecular complexity index is 193. The van der Waals surface area contributed by atoms with Crippen LogP contribution in [-0.4, -0.2) is 11.8 Å². The van der Waals surface area contributed by atoms with Gasteiger partial charge in [-0.2, -0.15) is 0 Å². The zero-order chi connectivity index (χ0) is 7.61. The van der Waals surface area contributed by atoms with Crippen molar-refractivity contribution in [2.45, 2.75) is 11.8 Å². The predicted molar refractivity (Wildman–Crippen MR) is 37.2 cm³/mol. The van der Waals surface area contributed by atoms with Crippen LogP contribution in [0.2, 0.25) is 0 Å². The van der Waals surface area contributed by atoms with Crippen LogP contribution < -0.4 is 0 Å². The van der Waals surface area contributed by atoms with Gasteiger partial charge in [-0.3, -0.25) is 0 Å². The van der Waals surface area contributed by atoms with Gasteiger partial charge in [-0.15, -0.1) is 0 Å². The summed E-state index contributed by atoms with van der Waals surface area (Å²) in [6.07, 6.45) is 4.66. The van der Waals surface area contributed by atoms with Gasteiger partial charge in [0.15, 0.2) is 11.8 Å². The maximum Gasteiger partial charge on any atom is 0.181 e. The molecule has 2 atom stereocenters. The monoisotopic (exact) mass is 142 g/mol. The van der Waals surface area contributed by atoms with Crippen molar-refractivity contribution in [3.8, 4) is 0 Å². The molecule has 0 aromatic carbocycles. The minimum absolute atomic E-state index is 0.970. The summed E-state index contributed by atoms with van der Waals surface area (Å²) in [5, 5.41) is 0. The topological polar surface area (TPSA) is 0 Å². The van der Waals surface area contributed by atoms with Crippen LogP contribution in [0.4, 0.5) is 8.78 Å². The molecule has 54 valence electrons. The van der Waals surface area contributed by atoms with Crippen LogP contribution in [0.3, 0.4) is 0 Å². The molecular weight excluding hydrogens is 134 g/mol. The highest BCUT2D eigenvalue weighted by Gasteiger charge is 2.33. The summed E-state index contributed by atoms with van der Waals surface area (Å²) >= 11 is 0. The molecule has 0 amide bonds. The second-order valence-corrected chi connectivity index (χ2v) is 2.18. The van der Waals surface area contributed by atoms with Crippen molar-refractivity contribution in [2.75, 3.05) is 0 Å². The maximum absolute atomic E-state index is 13.1. The Morgan fingerprint density at radius 2 is 2.20 bits per heavy atom. The van der Waals surface area contributed by atoms with Gasteiger partial charge in [-0.05, 0) is 18.2 Å². The molecule has 0 N–H and O–H groups in total. The van der Waals surface area contributed by atoms with Crippen LogP contribution in [0.1, 0.15) is 0 Å². The molecule has 0 fully saturated rings. The number of rotatable bonds is 1. The number of allylic oxidation sites excluding steroid dienone is 5. The molecule has 0 nitrogen and oxygen atoms in total. The van der Waals surface area contributed by atoms with Gasteiger partial charge in [0.2, 0.25) is 0 Å². The number of hydrogen-bond acceptors (Lipinski definition) is 0. The van der Waals surface area contributed by atoms with E-state index in [4.69, 9.17) is 0 Å². The third-order valence-electron chi connectivity index (χ3n) is 1.48. The van der Waals surface area contributed by atoms with Gasteiger partial charge >= 0.3 is 0 Å². The molecular formula is C8H8F2. The Labute approximate surface area is 58.6 Å². The van der Waals surface area contributed by atoms with Gasteiger partial charge in [0.1, 0.15) is 0 Å². The minimum Gasteiger partial charge on any atom is -0.239 e. The molecule has 0 saturated heterocycles. The molecule has 0 aromatic rings. The van der Waals surface area contributed by atoms with E-state index < -0.39 is 11.8 Å². The number of hydrogen-bond donors (Lipinski definition) is 0. The highest BCUT2D eigenvalue weighted by molar-refractivity contribution is 5.28. The van der Waals surface area contributed by atoms with Gasteiger partial charge in [0.05, 0.1) is 0 Å². The number of alkyl halides is 2. The quantitative estimate of drug-likeness (QED) is 0.493. The van der Waals surface area contributed by atoms with Crippen molar-refractivity contribution in [2.24, 2.45) is 0 Å². The van der Waals surface area contributed by atoms with Crippen molar-refractivity contribution in [3.63, 3.8) is 0 Å². The Morgan fingerprint density at radius 3 is 2.60 bits per heavy atom. The van der Waals surface area contributed by atoms with E-state index >= 15 is 0 Å². The largest absolute Gasteiger partial charge is 0.239 e. The van der Waals surface area contributed by atoms with Gasteiger partial charge < -0.3 is 0 Å². The SMILES string of the molecule is C=CC1(F)C=CC=CC1F. The van der Waals surface area contributed by atoms with Crippen molar-refractivity contribution in [1.82, 2.24) is 0 Å². The lowest BCUT2D eigenvalue weighted by molar-refractivity contribution is 0.174. The zero-order valence-corrected chi connectivity index (χ0v) is 5.43. The van der Waals surface area contributed by atoms with Crippen molar-refractivity contribution in [1.29, 1.82) is 0 Å². The molecule has 1 aliphatic carbocycles. The zero-order valence-electron chi connectivity index (χ0n) is 5.43. The first kappa shape index (κ1) is 7.19. The van der Waals surface area contributed by atoms with Crippen molar-refractivity contribution >= 4 is 0 Å². The summed E-state index contributed by atoms with van der Waals surface area (Å²) < 4.78 is 25.7. The van der Waals surface area contributed by atoms with Gasteiger partial charge in [0.25, 0.3) is 0 Å². The van der Waals surface area contributed by atoms with Crippen LogP contribution in [0, 0.1) is 0 Å². The molecule has 0 aromatic heterocycles. The molecule has 10 heavy (non-hydrogen) atoms. The van der Waals surface area contributed by atoms with Crippen LogP contribution in [0.15, 0.2) is 37.0 Å². The normalized spacial score (nSPS) is 38.0. The minimum atomic E-state index is -1.99. The lowest BCUT2D eigenvalue weighted by Crippen LogP contribution is -2.29. The first-order valence-corrected chi connectivity index (χ1v) is 3.01. The molecule has 2 unspecified atom stereocenters. The average molecular weight is 142 g/mol. The summed E-state index contributed by atoms with van der Waals surface area (Å²) in [7, 11) is 0. The number of halogens is 2. The van der Waals surface area contributed by atoms with Crippen LogP contribution in [0.25, 0.3) is 0 Å². The first-order chi connectivity index (χ1) is 4.69. The average Bonchev–Trinajstić information content (AvgIpc) is 1.96. The smallest absolute Gasteiger partial charge is 0.181 e. The second kappa shape index (κ2) is 2.37. The fraction of sp³-hybridized carbons (Fsp3) is 0.250. The Kier molecular flexibility index (Phi) is 1.70. The van der Waals surface area contributed by atoms with E-state index in [0.717, 1.165) is 12.2 Å². The van der Waals surface area contributed by atoms with Gasteiger partial charge in [-0.25, -0.2) is 8.78 Å². The van der Waals surface area contributed by atoms with E-state index in [1.165, 1.54) is 18.2 Å². The fourth-order valence-corrected chi connectivity index (χ4v) is 0.785. The second-order valence-electron chi connectivity index (χ2n) is 2.18. The molecule has 0 heterocycles. The Hall–Kier alpha value is -0.920. The molecule has 0 aliphatic heterocycles. The van der Waals surface area contributed by atoms with E-state index in [9.17, 15) is 8.78 Å². The maximum atomic E-state index is 13.1. The van der Waals surface area contributed by atoms with E-state index in [0.29, 0.717) is 0 Å². The standard InChI is InChI=1S/C8H8F2/c1-2-8(10)6-4-3-5-7(8)9/h2-7H,1H2. The van der Waals surface area contributed by atoms with Crippen molar-refractivity contribution < 1.29 is 8.78 Å². The Balaban J connectivity index is 2.87. The van der Waals surface area contributed by atoms with Gasteiger partial charge in [-0.1, -0.05) is 18.7 Å². The molecule has 0 bridgehead atoms. The first-order valence-electron chi connectivity index (χ1n) is 3.01. The molecule has 0 saturated carbocycles. The molecule has 0 radical (unpaired) electrons. The summed E-state index contributed by atoms with van der Waals surface area (Å²) in [6, 6.07) is 0. The van der Waals surface area contributed by atoms with E-state index in [-0.39, 0.29) is 0 Å². The summed E-state index contributed by atoms with van der Waals surface area (Å²) in [5.41, 5.74) is -1.99. The predicted octanol–water partition coefficient (Wildman–Crippen LogP) is 2.34. The van der Waals surface area contributed by atoms with E-state index in [1.54, 1.807) is 0 Å². The van der Waals surface area contributed by atoms with Crippen LogP contribution >= 0.6 is 0 Å².